The average molecular weight is 316 g/mol. The van der Waals surface area contributed by atoms with E-state index in [1.165, 1.54) is 6.07 Å². The molecule has 0 bridgehead atoms. The first-order valence-corrected chi connectivity index (χ1v) is 7.27. The van der Waals surface area contributed by atoms with E-state index >= 15 is 0 Å². The summed E-state index contributed by atoms with van der Waals surface area (Å²) in [5.74, 6) is -2.90. The second-order valence-electron chi connectivity index (χ2n) is 4.23. The monoisotopic (exact) mass is 316 g/mol. The average Bonchev–Trinajstić information content (AvgIpc) is 2.36. The lowest BCUT2D eigenvalue weighted by atomic mass is 10.2. The molecule has 0 aromatic heterocycles. The molecule has 0 saturated carbocycles. The summed E-state index contributed by atoms with van der Waals surface area (Å²) in [6.45, 7) is 0.0553. The van der Waals surface area contributed by atoms with Crippen molar-refractivity contribution >= 4 is 15.7 Å². The molecule has 4 nitrogen and oxygen atoms in total. The number of halogens is 3. The zero-order valence-electron chi connectivity index (χ0n) is 10.6. The number of nitrogens with two attached hydrogens (primary N) is 1. The van der Waals surface area contributed by atoms with Gasteiger partial charge < -0.3 is 5.73 Å². The van der Waals surface area contributed by atoms with Crippen molar-refractivity contribution in [2.75, 3.05) is 4.72 Å². The van der Waals surface area contributed by atoms with Crippen LogP contribution in [0.4, 0.5) is 18.9 Å². The summed E-state index contributed by atoms with van der Waals surface area (Å²) in [5, 5.41) is 0. The third kappa shape index (κ3) is 3.53. The Morgan fingerprint density at radius 3 is 2.14 bits per heavy atom. The molecule has 0 aliphatic rings. The molecule has 3 N–H and O–H groups in total. The van der Waals surface area contributed by atoms with Gasteiger partial charge in [-0.1, -0.05) is 6.07 Å². The Kier molecular flexibility index (Phi) is 4.19. The van der Waals surface area contributed by atoms with E-state index < -0.39 is 32.4 Å². The van der Waals surface area contributed by atoms with E-state index in [0.29, 0.717) is 11.6 Å². The van der Waals surface area contributed by atoms with Gasteiger partial charge in [-0.05, 0) is 29.8 Å². The van der Waals surface area contributed by atoms with Crippen molar-refractivity contribution in [2.24, 2.45) is 5.73 Å². The Bertz CT molecular complexity index is 759. The summed E-state index contributed by atoms with van der Waals surface area (Å²) >= 11 is 0. The number of nitrogens with one attached hydrogen (secondary N) is 1. The van der Waals surface area contributed by atoms with Gasteiger partial charge in [0.1, 0.15) is 22.3 Å². The van der Waals surface area contributed by atoms with Gasteiger partial charge in [0.05, 0.1) is 5.69 Å². The predicted octanol–water partition coefficient (Wildman–Crippen LogP) is 2.36. The number of hydrogen-bond donors (Lipinski definition) is 2. The van der Waals surface area contributed by atoms with Crippen molar-refractivity contribution in [3.8, 4) is 0 Å². The van der Waals surface area contributed by atoms with Crippen LogP contribution in [0.25, 0.3) is 0 Å². The normalized spacial score (nSPS) is 11.4. The molecule has 0 aliphatic heterocycles. The molecule has 0 atom stereocenters. The number of benzene rings is 2. The van der Waals surface area contributed by atoms with Gasteiger partial charge in [0.25, 0.3) is 10.0 Å². The summed E-state index contributed by atoms with van der Waals surface area (Å²) in [6, 6.07) is 5.54. The minimum Gasteiger partial charge on any atom is -0.326 e. The number of sulfonamides is 1. The van der Waals surface area contributed by atoms with Crippen LogP contribution >= 0.6 is 0 Å². The third-order valence-electron chi connectivity index (χ3n) is 2.64. The Hall–Kier alpha value is -2.06. The predicted molar refractivity (Wildman–Crippen MR) is 71.5 cm³/mol. The van der Waals surface area contributed by atoms with Crippen molar-refractivity contribution in [3.05, 3.63) is 59.4 Å². The van der Waals surface area contributed by atoms with Crippen LogP contribution < -0.4 is 10.5 Å². The molecule has 0 fully saturated rings. The lowest BCUT2D eigenvalue weighted by Gasteiger charge is -2.10. The van der Waals surface area contributed by atoms with Crippen LogP contribution in [0.1, 0.15) is 5.56 Å². The first kappa shape index (κ1) is 15.3. The van der Waals surface area contributed by atoms with Crippen LogP contribution in [0.5, 0.6) is 0 Å². The van der Waals surface area contributed by atoms with Crippen LogP contribution in [-0.4, -0.2) is 8.42 Å². The molecule has 0 saturated heterocycles. The lowest BCUT2D eigenvalue weighted by Crippen LogP contribution is -2.15. The van der Waals surface area contributed by atoms with Gasteiger partial charge in [-0.2, -0.15) is 0 Å². The van der Waals surface area contributed by atoms with Gasteiger partial charge in [0.2, 0.25) is 0 Å². The molecular formula is C13H11F3N2O2S. The van der Waals surface area contributed by atoms with E-state index in [-0.39, 0.29) is 12.2 Å². The lowest BCUT2D eigenvalue weighted by molar-refractivity contribution is 0.569. The summed E-state index contributed by atoms with van der Waals surface area (Å²) in [5.41, 5.74) is 5.40. The number of hydrogen-bond acceptors (Lipinski definition) is 3. The maximum Gasteiger partial charge on any atom is 0.264 e. The molecular weight excluding hydrogens is 305 g/mol. The molecule has 8 heteroatoms. The van der Waals surface area contributed by atoms with Gasteiger partial charge >= 0.3 is 0 Å². The van der Waals surface area contributed by atoms with E-state index in [0.717, 1.165) is 24.3 Å². The van der Waals surface area contributed by atoms with Gasteiger partial charge in [0, 0.05) is 12.6 Å². The largest absolute Gasteiger partial charge is 0.326 e. The third-order valence-corrected chi connectivity index (χ3v) is 4.05. The fourth-order valence-electron chi connectivity index (χ4n) is 1.71. The highest BCUT2D eigenvalue weighted by atomic mass is 32.2. The zero-order valence-corrected chi connectivity index (χ0v) is 11.4. The number of rotatable bonds is 4. The molecule has 0 unspecified atom stereocenters. The molecule has 0 spiro atoms. The van der Waals surface area contributed by atoms with Gasteiger partial charge in [-0.3, -0.25) is 4.72 Å². The molecule has 0 radical (unpaired) electrons. The topological polar surface area (TPSA) is 72.2 Å². The minimum atomic E-state index is -4.30. The maximum absolute atomic E-state index is 13.8. The van der Waals surface area contributed by atoms with E-state index in [9.17, 15) is 21.6 Å². The summed E-state index contributed by atoms with van der Waals surface area (Å²) < 4.78 is 65.8. The van der Waals surface area contributed by atoms with Crippen LogP contribution in [0, 0.1) is 17.5 Å². The SMILES string of the molecule is NCc1ccc(S(=O)(=O)Nc2cc(F)cc(F)c2)c(F)c1. The summed E-state index contributed by atoms with van der Waals surface area (Å²) in [6.07, 6.45) is 0. The maximum atomic E-state index is 13.8. The Morgan fingerprint density at radius 2 is 1.62 bits per heavy atom. The van der Waals surface area contributed by atoms with Crippen molar-refractivity contribution < 1.29 is 21.6 Å². The second kappa shape index (κ2) is 5.74. The molecule has 112 valence electrons. The smallest absolute Gasteiger partial charge is 0.264 e. The van der Waals surface area contributed by atoms with Gasteiger partial charge in [-0.25, -0.2) is 21.6 Å². The molecule has 21 heavy (non-hydrogen) atoms. The van der Waals surface area contributed by atoms with Crippen LogP contribution in [0.3, 0.4) is 0 Å². The van der Waals surface area contributed by atoms with Crippen molar-refractivity contribution in [1.82, 2.24) is 0 Å². The number of anilines is 1. The van der Waals surface area contributed by atoms with E-state index in [1.54, 1.807) is 0 Å². The van der Waals surface area contributed by atoms with Crippen LogP contribution in [-0.2, 0) is 16.6 Å². The first-order valence-electron chi connectivity index (χ1n) is 5.79. The minimum absolute atomic E-state index is 0.0553. The second-order valence-corrected chi connectivity index (χ2v) is 5.88. The molecule has 0 aliphatic carbocycles. The highest BCUT2D eigenvalue weighted by Gasteiger charge is 2.20. The van der Waals surface area contributed by atoms with Crippen LogP contribution in [0.15, 0.2) is 41.3 Å². The molecule has 2 aromatic rings. The van der Waals surface area contributed by atoms with Crippen molar-refractivity contribution in [2.45, 2.75) is 11.4 Å². The molecule has 2 rings (SSSR count). The highest BCUT2D eigenvalue weighted by molar-refractivity contribution is 7.92. The zero-order chi connectivity index (χ0) is 15.6. The highest BCUT2D eigenvalue weighted by Crippen LogP contribution is 2.21. The van der Waals surface area contributed by atoms with E-state index in [4.69, 9.17) is 5.73 Å². The molecule has 0 heterocycles. The van der Waals surface area contributed by atoms with Crippen molar-refractivity contribution in [1.29, 1.82) is 0 Å². The Morgan fingerprint density at radius 1 is 1.00 bits per heavy atom. The Labute approximate surface area is 119 Å². The summed E-state index contributed by atoms with van der Waals surface area (Å²) in [7, 11) is -4.30. The van der Waals surface area contributed by atoms with E-state index in [1.807, 2.05) is 4.72 Å². The fraction of sp³-hybridized carbons (Fsp3) is 0.0769. The molecule has 2 aromatic carbocycles. The van der Waals surface area contributed by atoms with Gasteiger partial charge in [0.15, 0.2) is 0 Å². The molecule has 0 amide bonds. The summed E-state index contributed by atoms with van der Waals surface area (Å²) in [4.78, 5) is -0.635. The van der Waals surface area contributed by atoms with Gasteiger partial charge in [-0.15, -0.1) is 0 Å². The quantitative estimate of drug-likeness (QED) is 0.909. The standard InChI is InChI=1S/C13H11F3N2O2S/c14-9-4-10(15)6-11(5-9)18-21(19,20)13-2-1-8(7-17)3-12(13)16/h1-6,18H,7,17H2. The fourth-order valence-corrected chi connectivity index (χ4v) is 2.81. The van der Waals surface area contributed by atoms with Crippen molar-refractivity contribution in [3.63, 3.8) is 0 Å². The first-order chi connectivity index (χ1) is 9.81. The van der Waals surface area contributed by atoms with Crippen LogP contribution in [0.2, 0.25) is 0 Å². The van der Waals surface area contributed by atoms with E-state index in [2.05, 4.69) is 0 Å². The Balaban J connectivity index is 2.38.